The molecular weight excluding hydrogens is 228 g/mol. The van der Waals surface area contributed by atoms with E-state index in [1.165, 1.54) is 23.7 Å². The third kappa shape index (κ3) is 2.35. The lowest BCUT2D eigenvalue weighted by Crippen LogP contribution is -2.15. The first-order chi connectivity index (χ1) is 7.79. The third-order valence-electron chi connectivity index (χ3n) is 1.67. The molecule has 7 nitrogen and oxygen atoms in total. The number of carbonyl (C=O) groups excluding carboxylic acids is 1. The summed E-state index contributed by atoms with van der Waals surface area (Å²) in [5.41, 5.74) is 5.70. The number of nitrogens with zero attached hydrogens (tertiary/aromatic N) is 4. The smallest absolute Gasteiger partial charge is 0.277 e. The predicted octanol–water partition coefficient (Wildman–Crippen LogP) is 0.0391. The maximum atomic E-state index is 11.6. The maximum absolute atomic E-state index is 11.6. The third-order valence-corrected chi connectivity index (χ3v) is 2.54. The monoisotopic (exact) mass is 236 g/mol. The number of carbonyl (C=O) groups is 1. The first-order valence-electron chi connectivity index (χ1n) is 4.39. The Hall–Kier alpha value is -1.93. The average molecular weight is 236 g/mol. The molecule has 0 aliphatic rings. The lowest BCUT2D eigenvalue weighted by Gasteiger charge is -1.98. The molecule has 3 N–H and O–H groups in total. The Balaban J connectivity index is 2.09. The van der Waals surface area contributed by atoms with Crippen molar-refractivity contribution in [3.8, 4) is 0 Å². The quantitative estimate of drug-likeness (QED) is 0.779. The van der Waals surface area contributed by atoms with Gasteiger partial charge in [0.1, 0.15) is 10.7 Å². The molecule has 2 rings (SSSR count). The van der Waals surface area contributed by atoms with Crippen molar-refractivity contribution >= 4 is 23.2 Å². The summed E-state index contributed by atoms with van der Waals surface area (Å²) in [7, 11) is 0. The minimum absolute atomic E-state index is 0.148. The molecule has 16 heavy (non-hydrogen) atoms. The summed E-state index contributed by atoms with van der Waals surface area (Å²) in [6.07, 6.45) is 2.86. The van der Waals surface area contributed by atoms with Crippen LogP contribution in [-0.2, 0) is 6.54 Å². The summed E-state index contributed by atoms with van der Waals surface area (Å²) in [6.45, 7) is 0.321. The van der Waals surface area contributed by atoms with Crippen LogP contribution in [0.4, 0.5) is 5.95 Å². The molecule has 2 aromatic rings. The van der Waals surface area contributed by atoms with E-state index >= 15 is 0 Å². The number of hydrogen-bond acceptors (Lipinski definition) is 7. The molecule has 0 aliphatic heterocycles. The van der Waals surface area contributed by atoms with Crippen molar-refractivity contribution in [2.45, 2.75) is 6.54 Å². The minimum atomic E-state index is -0.371. The molecule has 0 saturated heterocycles. The highest BCUT2D eigenvalue weighted by molar-refractivity contribution is 7.09. The second-order valence-electron chi connectivity index (χ2n) is 2.75. The van der Waals surface area contributed by atoms with Gasteiger partial charge in [-0.15, -0.1) is 16.4 Å². The lowest BCUT2D eigenvalue weighted by molar-refractivity contribution is 0.102. The summed E-state index contributed by atoms with van der Waals surface area (Å²) in [5, 5.41) is 12.0. The van der Waals surface area contributed by atoms with Gasteiger partial charge in [0.25, 0.3) is 5.91 Å². The predicted molar refractivity (Wildman–Crippen MR) is 57.8 cm³/mol. The highest BCUT2D eigenvalue weighted by Crippen LogP contribution is 2.09. The Morgan fingerprint density at radius 2 is 2.38 bits per heavy atom. The second kappa shape index (κ2) is 4.73. The van der Waals surface area contributed by atoms with E-state index in [0.717, 1.165) is 0 Å². The number of thiazole rings is 1. The fourth-order valence-electron chi connectivity index (χ4n) is 0.979. The Kier molecular flexibility index (Phi) is 3.13. The van der Waals surface area contributed by atoms with Crippen molar-refractivity contribution in [2.24, 2.45) is 5.73 Å². The summed E-state index contributed by atoms with van der Waals surface area (Å²) in [6, 6.07) is 0. The van der Waals surface area contributed by atoms with Gasteiger partial charge >= 0.3 is 0 Å². The van der Waals surface area contributed by atoms with Crippen molar-refractivity contribution in [1.82, 2.24) is 20.2 Å². The molecule has 0 bridgehead atoms. The van der Waals surface area contributed by atoms with Gasteiger partial charge in [-0.1, -0.05) is 0 Å². The molecule has 2 aromatic heterocycles. The number of amides is 1. The molecule has 2 heterocycles. The standard InChI is InChI=1S/C8H8N6OS/c9-3-6-12-5(4-16-6)7(15)13-8-10-1-2-11-14-8/h1-2,4H,3,9H2,(H,10,13,14,15). The van der Waals surface area contributed by atoms with Gasteiger partial charge in [0.05, 0.1) is 12.4 Å². The molecule has 0 radical (unpaired) electrons. The van der Waals surface area contributed by atoms with Crippen LogP contribution in [0.3, 0.4) is 0 Å². The zero-order valence-electron chi connectivity index (χ0n) is 8.12. The van der Waals surface area contributed by atoms with Crippen LogP contribution in [0.2, 0.25) is 0 Å². The molecule has 8 heteroatoms. The van der Waals surface area contributed by atoms with Gasteiger partial charge < -0.3 is 5.73 Å². The van der Waals surface area contributed by atoms with Gasteiger partial charge in [-0.3, -0.25) is 10.1 Å². The minimum Gasteiger partial charge on any atom is -0.325 e. The summed E-state index contributed by atoms with van der Waals surface area (Å²) >= 11 is 1.34. The fourth-order valence-corrected chi connectivity index (χ4v) is 1.63. The topological polar surface area (TPSA) is 107 Å². The van der Waals surface area contributed by atoms with Gasteiger partial charge in [0.2, 0.25) is 5.95 Å². The average Bonchev–Trinajstić information content (AvgIpc) is 2.79. The SMILES string of the molecule is NCc1nc(C(=O)Nc2nccnn2)cs1. The van der Waals surface area contributed by atoms with Crippen LogP contribution in [0.1, 0.15) is 15.5 Å². The van der Waals surface area contributed by atoms with E-state index in [4.69, 9.17) is 5.73 Å². The lowest BCUT2D eigenvalue weighted by atomic mass is 10.4. The highest BCUT2D eigenvalue weighted by Gasteiger charge is 2.11. The molecule has 0 unspecified atom stereocenters. The van der Waals surface area contributed by atoms with Gasteiger partial charge in [-0.2, -0.15) is 5.10 Å². The molecule has 0 spiro atoms. The van der Waals surface area contributed by atoms with E-state index < -0.39 is 0 Å². The van der Waals surface area contributed by atoms with E-state index in [9.17, 15) is 4.79 Å². The van der Waals surface area contributed by atoms with Crippen LogP contribution in [0, 0.1) is 0 Å². The number of hydrogen-bond donors (Lipinski definition) is 2. The Morgan fingerprint density at radius 3 is 3.00 bits per heavy atom. The Bertz CT molecular complexity index is 484. The second-order valence-corrected chi connectivity index (χ2v) is 3.69. The van der Waals surface area contributed by atoms with Gasteiger partial charge in [0, 0.05) is 11.9 Å². The fraction of sp³-hybridized carbons (Fsp3) is 0.125. The van der Waals surface area contributed by atoms with Crippen molar-refractivity contribution in [2.75, 3.05) is 5.32 Å². The molecule has 0 atom stereocenters. The van der Waals surface area contributed by atoms with Crippen molar-refractivity contribution in [1.29, 1.82) is 0 Å². The van der Waals surface area contributed by atoms with E-state index in [2.05, 4.69) is 25.5 Å². The van der Waals surface area contributed by atoms with Gasteiger partial charge in [-0.25, -0.2) is 9.97 Å². The molecule has 0 aliphatic carbocycles. The molecule has 82 valence electrons. The summed E-state index contributed by atoms with van der Waals surface area (Å²) in [5.74, 6) is -0.223. The summed E-state index contributed by atoms with van der Waals surface area (Å²) < 4.78 is 0. The number of nitrogens with two attached hydrogens (primary N) is 1. The Morgan fingerprint density at radius 1 is 1.50 bits per heavy atom. The number of rotatable bonds is 3. The van der Waals surface area contributed by atoms with E-state index in [0.29, 0.717) is 17.2 Å². The van der Waals surface area contributed by atoms with Crippen molar-refractivity contribution in [3.05, 3.63) is 28.5 Å². The van der Waals surface area contributed by atoms with E-state index in [-0.39, 0.29) is 11.9 Å². The summed E-state index contributed by atoms with van der Waals surface area (Å²) in [4.78, 5) is 19.5. The Labute approximate surface area is 94.8 Å². The van der Waals surface area contributed by atoms with Gasteiger partial charge in [-0.05, 0) is 0 Å². The number of nitrogens with one attached hydrogen (secondary N) is 1. The molecule has 1 amide bonds. The first-order valence-corrected chi connectivity index (χ1v) is 5.27. The van der Waals surface area contributed by atoms with E-state index in [1.54, 1.807) is 5.38 Å². The van der Waals surface area contributed by atoms with Crippen molar-refractivity contribution in [3.63, 3.8) is 0 Å². The highest BCUT2D eigenvalue weighted by atomic mass is 32.1. The van der Waals surface area contributed by atoms with Crippen molar-refractivity contribution < 1.29 is 4.79 Å². The van der Waals surface area contributed by atoms with Crippen LogP contribution in [0.5, 0.6) is 0 Å². The van der Waals surface area contributed by atoms with Crippen LogP contribution >= 0.6 is 11.3 Å². The van der Waals surface area contributed by atoms with Crippen LogP contribution in [0.15, 0.2) is 17.8 Å². The number of aromatic nitrogens is 4. The van der Waals surface area contributed by atoms with Crippen LogP contribution in [-0.4, -0.2) is 26.1 Å². The molecule has 0 saturated carbocycles. The first kappa shape index (κ1) is 10.6. The largest absolute Gasteiger partial charge is 0.325 e. The normalized spacial score (nSPS) is 10.1. The van der Waals surface area contributed by atoms with Crippen LogP contribution < -0.4 is 11.1 Å². The molecular formula is C8H8N6OS. The maximum Gasteiger partial charge on any atom is 0.277 e. The van der Waals surface area contributed by atoms with Crippen LogP contribution in [0.25, 0.3) is 0 Å². The van der Waals surface area contributed by atoms with E-state index in [1.807, 2.05) is 0 Å². The molecule has 0 fully saturated rings. The molecule has 0 aromatic carbocycles. The number of anilines is 1. The zero-order valence-corrected chi connectivity index (χ0v) is 8.94. The van der Waals surface area contributed by atoms with Gasteiger partial charge in [0.15, 0.2) is 0 Å². The zero-order chi connectivity index (χ0) is 11.4.